The molecule has 0 unspecified atom stereocenters. The van der Waals surface area contributed by atoms with Gasteiger partial charge in [0, 0.05) is 5.69 Å². The van der Waals surface area contributed by atoms with Crippen molar-refractivity contribution >= 4 is 28.8 Å². The van der Waals surface area contributed by atoms with Crippen molar-refractivity contribution in [3.63, 3.8) is 0 Å². The van der Waals surface area contributed by atoms with Gasteiger partial charge < -0.3 is 10.1 Å². The summed E-state index contributed by atoms with van der Waals surface area (Å²) in [4.78, 5) is 28.4. The number of benzene rings is 3. The highest BCUT2D eigenvalue weighted by molar-refractivity contribution is 6.46. The Labute approximate surface area is 194 Å². The molecule has 33 heavy (non-hydrogen) atoms. The first-order valence-electron chi connectivity index (χ1n) is 11.1. The molecule has 5 nitrogen and oxygen atoms in total. The fraction of sp³-hybridized carbons (Fsp3) is 0.214. The van der Waals surface area contributed by atoms with Crippen molar-refractivity contribution < 1.29 is 14.3 Å². The smallest absolute Gasteiger partial charge is 0.282 e. The van der Waals surface area contributed by atoms with Gasteiger partial charge in [0.05, 0.1) is 17.4 Å². The van der Waals surface area contributed by atoms with Crippen LogP contribution in [0.4, 0.5) is 11.4 Å². The van der Waals surface area contributed by atoms with E-state index in [2.05, 4.69) is 5.32 Å². The molecule has 1 N–H and O–H groups in total. The van der Waals surface area contributed by atoms with Gasteiger partial charge in [0.1, 0.15) is 11.4 Å². The first-order chi connectivity index (χ1) is 15.7. The molecule has 0 aromatic heterocycles. The lowest BCUT2D eigenvalue weighted by atomic mass is 10.0. The van der Waals surface area contributed by atoms with E-state index in [-0.39, 0.29) is 23.6 Å². The summed E-state index contributed by atoms with van der Waals surface area (Å²) in [6.07, 6.45) is 0.0364. The number of carbonyl (C=O) groups is 2. The summed E-state index contributed by atoms with van der Waals surface area (Å²) < 4.78 is 5.70. The van der Waals surface area contributed by atoms with E-state index in [1.54, 1.807) is 24.3 Å². The van der Waals surface area contributed by atoms with Crippen molar-refractivity contribution in [2.24, 2.45) is 0 Å². The maximum Gasteiger partial charge on any atom is 0.282 e. The summed E-state index contributed by atoms with van der Waals surface area (Å²) in [6, 6.07) is 20.6. The summed E-state index contributed by atoms with van der Waals surface area (Å²) in [7, 11) is 0. The minimum Gasteiger partial charge on any atom is -0.491 e. The number of rotatable bonds is 6. The van der Waals surface area contributed by atoms with Crippen LogP contribution in [-0.4, -0.2) is 17.9 Å². The summed E-state index contributed by atoms with van der Waals surface area (Å²) in [6.45, 7) is 9.89. The third-order valence-electron chi connectivity index (χ3n) is 5.53. The Kier molecular flexibility index (Phi) is 6.05. The second kappa shape index (κ2) is 8.94. The summed E-state index contributed by atoms with van der Waals surface area (Å²) in [5, 5.41) is 3.26. The molecule has 168 valence electrons. The van der Waals surface area contributed by atoms with Crippen molar-refractivity contribution in [3.8, 4) is 5.75 Å². The van der Waals surface area contributed by atoms with E-state index < -0.39 is 0 Å². The van der Waals surface area contributed by atoms with Crippen LogP contribution in [0.3, 0.4) is 0 Å². The monoisotopic (exact) mass is 440 g/mol. The molecule has 2 amide bonds. The number of anilines is 2. The molecule has 0 aliphatic carbocycles. The highest BCUT2D eigenvalue weighted by Crippen LogP contribution is 2.35. The molecule has 1 aliphatic heterocycles. The van der Waals surface area contributed by atoms with Crippen molar-refractivity contribution in [2.45, 2.75) is 40.7 Å². The van der Waals surface area contributed by atoms with Crippen LogP contribution in [0.1, 0.15) is 36.1 Å². The standard InChI is InChI=1S/C28H28N2O3/c1-17(2)33-23-13-11-22(12-14-23)30-27(31)25(21-9-6-18(3)7-10-21)26(28(30)32)29-24-15-8-19(4)16-20(24)5/h6-17,29H,1-5H3. The normalized spacial score (nSPS) is 13.8. The Bertz CT molecular complexity index is 1240. The molecule has 0 saturated carbocycles. The largest absolute Gasteiger partial charge is 0.491 e. The molecule has 3 aromatic rings. The Hall–Kier alpha value is -3.86. The van der Waals surface area contributed by atoms with Crippen LogP contribution < -0.4 is 15.0 Å². The predicted octanol–water partition coefficient (Wildman–Crippen LogP) is 5.80. The first kappa shape index (κ1) is 22.3. The number of nitrogens with one attached hydrogen (secondary N) is 1. The van der Waals surface area contributed by atoms with Gasteiger partial charge in [0.25, 0.3) is 11.8 Å². The lowest BCUT2D eigenvalue weighted by Gasteiger charge is -2.17. The number of ether oxygens (including phenoxy) is 1. The van der Waals surface area contributed by atoms with Crippen LogP contribution in [0.15, 0.2) is 72.4 Å². The fourth-order valence-corrected chi connectivity index (χ4v) is 3.90. The Balaban J connectivity index is 1.76. The number of nitrogens with zero attached hydrogens (tertiary/aromatic N) is 1. The maximum atomic E-state index is 13.6. The zero-order valence-electron chi connectivity index (χ0n) is 19.6. The van der Waals surface area contributed by atoms with Gasteiger partial charge in [-0.2, -0.15) is 0 Å². The van der Waals surface area contributed by atoms with Gasteiger partial charge in [0.2, 0.25) is 0 Å². The number of aryl methyl sites for hydroxylation is 3. The van der Waals surface area contributed by atoms with Crippen LogP contribution in [0.2, 0.25) is 0 Å². The molecular weight excluding hydrogens is 412 g/mol. The van der Waals surface area contributed by atoms with Crippen LogP contribution in [0, 0.1) is 20.8 Å². The second-order valence-electron chi connectivity index (χ2n) is 8.67. The molecule has 0 atom stereocenters. The lowest BCUT2D eigenvalue weighted by molar-refractivity contribution is -0.120. The molecule has 0 saturated heterocycles. The molecule has 1 aliphatic rings. The van der Waals surface area contributed by atoms with E-state index >= 15 is 0 Å². The second-order valence-corrected chi connectivity index (χ2v) is 8.67. The molecule has 1 heterocycles. The highest BCUT2D eigenvalue weighted by Gasteiger charge is 2.40. The van der Waals surface area contributed by atoms with E-state index in [0.717, 1.165) is 22.4 Å². The lowest BCUT2D eigenvalue weighted by Crippen LogP contribution is -2.32. The first-order valence-corrected chi connectivity index (χ1v) is 11.1. The summed E-state index contributed by atoms with van der Waals surface area (Å²) in [5.41, 5.74) is 5.85. The molecule has 4 rings (SSSR count). The van der Waals surface area contributed by atoms with E-state index in [1.807, 2.05) is 77.1 Å². The van der Waals surface area contributed by atoms with Gasteiger partial charge in [-0.05, 0) is 76.1 Å². The van der Waals surface area contributed by atoms with Gasteiger partial charge in [-0.15, -0.1) is 0 Å². The number of carbonyl (C=O) groups excluding carboxylic acids is 2. The van der Waals surface area contributed by atoms with Crippen LogP contribution in [-0.2, 0) is 9.59 Å². The van der Waals surface area contributed by atoms with Crippen molar-refractivity contribution in [1.29, 1.82) is 0 Å². The quantitative estimate of drug-likeness (QED) is 0.493. The van der Waals surface area contributed by atoms with Crippen LogP contribution in [0.5, 0.6) is 5.75 Å². The Morgan fingerprint density at radius 3 is 2.03 bits per heavy atom. The van der Waals surface area contributed by atoms with E-state index in [4.69, 9.17) is 4.74 Å². The Morgan fingerprint density at radius 2 is 1.42 bits per heavy atom. The molecular formula is C28H28N2O3. The molecule has 0 bridgehead atoms. The SMILES string of the molecule is Cc1ccc(C2=C(Nc3ccc(C)cc3C)C(=O)N(c3ccc(OC(C)C)cc3)C2=O)cc1. The van der Waals surface area contributed by atoms with Gasteiger partial charge in [0.15, 0.2) is 0 Å². The minimum atomic E-state index is -0.381. The zero-order valence-corrected chi connectivity index (χ0v) is 19.6. The minimum absolute atomic E-state index is 0.0364. The third-order valence-corrected chi connectivity index (χ3v) is 5.53. The summed E-state index contributed by atoms with van der Waals surface area (Å²) in [5.74, 6) is -0.0464. The van der Waals surface area contributed by atoms with E-state index in [9.17, 15) is 9.59 Å². The van der Waals surface area contributed by atoms with Gasteiger partial charge in [-0.25, -0.2) is 4.90 Å². The summed E-state index contributed by atoms with van der Waals surface area (Å²) >= 11 is 0. The van der Waals surface area contributed by atoms with Crippen molar-refractivity contribution in [2.75, 3.05) is 10.2 Å². The fourth-order valence-electron chi connectivity index (χ4n) is 3.90. The molecule has 0 fully saturated rings. The van der Waals surface area contributed by atoms with Gasteiger partial charge >= 0.3 is 0 Å². The highest BCUT2D eigenvalue weighted by atomic mass is 16.5. The predicted molar refractivity (Wildman–Crippen MR) is 132 cm³/mol. The number of imide groups is 1. The van der Waals surface area contributed by atoms with Gasteiger partial charge in [-0.3, -0.25) is 9.59 Å². The number of hydrogen-bond donors (Lipinski definition) is 1. The number of hydrogen-bond acceptors (Lipinski definition) is 4. The third kappa shape index (κ3) is 4.53. The topological polar surface area (TPSA) is 58.6 Å². The van der Waals surface area contributed by atoms with Crippen LogP contribution in [0.25, 0.3) is 5.57 Å². The average molecular weight is 441 g/mol. The van der Waals surface area contributed by atoms with E-state index in [1.165, 1.54) is 4.90 Å². The van der Waals surface area contributed by atoms with Crippen molar-refractivity contribution in [1.82, 2.24) is 0 Å². The maximum absolute atomic E-state index is 13.6. The average Bonchev–Trinajstić information content (AvgIpc) is 3.00. The van der Waals surface area contributed by atoms with Crippen LogP contribution >= 0.6 is 0 Å². The number of amides is 2. The molecule has 0 spiro atoms. The van der Waals surface area contributed by atoms with E-state index in [0.29, 0.717) is 22.6 Å². The van der Waals surface area contributed by atoms with Crippen molar-refractivity contribution in [3.05, 3.63) is 94.7 Å². The molecule has 0 radical (unpaired) electrons. The van der Waals surface area contributed by atoms with Gasteiger partial charge in [-0.1, -0.05) is 47.5 Å². The Morgan fingerprint density at radius 1 is 0.788 bits per heavy atom. The molecule has 5 heteroatoms. The molecule has 3 aromatic carbocycles. The zero-order chi connectivity index (χ0) is 23.7.